The summed E-state index contributed by atoms with van der Waals surface area (Å²) in [6.07, 6.45) is 1.25. The van der Waals surface area contributed by atoms with Crippen LogP contribution in [-0.2, 0) is 4.79 Å². The molecule has 1 atom stereocenters. The highest BCUT2D eigenvalue weighted by atomic mass is 16.4. The van der Waals surface area contributed by atoms with Crippen LogP contribution in [-0.4, -0.2) is 39.5 Å². The van der Waals surface area contributed by atoms with E-state index in [0.29, 0.717) is 18.7 Å². The van der Waals surface area contributed by atoms with Gasteiger partial charge in [0, 0.05) is 12.2 Å². The van der Waals surface area contributed by atoms with Gasteiger partial charge in [0.2, 0.25) is 0 Å². The molecule has 0 bridgehead atoms. The molecule has 0 aliphatic carbocycles. The number of carboxylic acid groups (broad SMARTS) is 1. The van der Waals surface area contributed by atoms with Crippen molar-refractivity contribution in [2.24, 2.45) is 0 Å². The fraction of sp³-hybridized carbons (Fsp3) is 0.417. The zero-order valence-electron chi connectivity index (χ0n) is 9.59. The lowest BCUT2D eigenvalue weighted by Gasteiger charge is -2.20. The minimum absolute atomic E-state index is 0.293. The summed E-state index contributed by atoms with van der Waals surface area (Å²) < 4.78 is 0. The molecule has 0 saturated carbocycles. The van der Waals surface area contributed by atoms with Crippen molar-refractivity contribution in [3.63, 3.8) is 0 Å². The van der Waals surface area contributed by atoms with Crippen LogP contribution in [0, 0.1) is 6.92 Å². The molecule has 5 nitrogen and oxygen atoms in total. The standard InChI is InChI=1S/C12H14N2O3/c1-8-4-2-5-9(13-8)11(15)14-7-3-6-10(14)12(16)17/h2,4-5,10H,3,6-7H2,1H3,(H,16,17). The van der Waals surface area contributed by atoms with Gasteiger partial charge >= 0.3 is 5.97 Å². The number of carboxylic acids is 1. The molecule has 17 heavy (non-hydrogen) atoms. The smallest absolute Gasteiger partial charge is 0.326 e. The first-order chi connectivity index (χ1) is 8.09. The number of amides is 1. The molecule has 1 unspecified atom stereocenters. The van der Waals surface area contributed by atoms with Crippen molar-refractivity contribution in [3.8, 4) is 0 Å². The largest absolute Gasteiger partial charge is 0.480 e. The third-order valence-electron chi connectivity index (χ3n) is 2.91. The third kappa shape index (κ3) is 2.27. The fourth-order valence-electron chi connectivity index (χ4n) is 2.08. The van der Waals surface area contributed by atoms with Crippen LogP contribution in [0.25, 0.3) is 0 Å². The number of hydrogen-bond donors (Lipinski definition) is 1. The average Bonchev–Trinajstić information content (AvgIpc) is 2.77. The van der Waals surface area contributed by atoms with Gasteiger partial charge in [-0.05, 0) is 31.9 Å². The second-order valence-electron chi connectivity index (χ2n) is 4.16. The highest BCUT2D eigenvalue weighted by Crippen LogP contribution is 2.19. The summed E-state index contributed by atoms with van der Waals surface area (Å²) >= 11 is 0. The first-order valence-corrected chi connectivity index (χ1v) is 5.57. The average molecular weight is 234 g/mol. The van der Waals surface area contributed by atoms with E-state index >= 15 is 0 Å². The molecule has 0 spiro atoms. The molecule has 1 aromatic rings. The van der Waals surface area contributed by atoms with E-state index in [1.165, 1.54) is 4.90 Å². The van der Waals surface area contributed by atoms with Gasteiger partial charge in [0.15, 0.2) is 0 Å². The van der Waals surface area contributed by atoms with E-state index in [0.717, 1.165) is 12.1 Å². The van der Waals surface area contributed by atoms with Crippen LogP contribution in [0.1, 0.15) is 29.0 Å². The number of carbonyl (C=O) groups excluding carboxylic acids is 1. The third-order valence-corrected chi connectivity index (χ3v) is 2.91. The van der Waals surface area contributed by atoms with Crippen LogP contribution in [0.15, 0.2) is 18.2 Å². The number of rotatable bonds is 2. The monoisotopic (exact) mass is 234 g/mol. The molecule has 1 saturated heterocycles. The lowest BCUT2D eigenvalue weighted by molar-refractivity contribution is -0.141. The molecule has 1 N–H and O–H groups in total. The molecular formula is C12H14N2O3. The summed E-state index contributed by atoms with van der Waals surface area (Å²) in [6, 6.07) is 4.47. The van der Waals surface area contributed by atoms with Gasteiger partial charge in [0.25, 0.3) is 5.91 Å². The van der Waals surface area contributed by atoms with Gasteiger partial charge < -0.3 is 10.0 Å². The van der Waals surface area contributed by atoms with Crippen molar-refractivity contribution in [3.05, 3.63) is 29.6 Å². The maximum Gasteiger partial charge on any atom is 0.326 e. The molecule has 5 heteroatoms. The van der Waals surface area contributed by atoms with Crippen molar-refractivity contribution in [1.29, 1.82) is 0 Å². The minimum Gasteiger partial charge on any atom is -0.480 e. The van der Waals surface area contributed by atoms with Gasteiger partial charge in [-0.1, -0.05) is 6.07 Å². The Morgan fingerprint density at radius 1 is 1.47 bits per heavy atom. The topological polar surface area (TPSA) is 70.5 Å². The van der Waals surface area contributed by atoms with Crippen molar-refractivity contribution >= 4 is 11.9 Å². The van der Waals surface area contributed by atoms with Crippen LogP contribution in [0.2, 0.25) is 0 Å². The first kappa shape index (κ1) is 11.6. The Kier molecular flexibility index (Phi) is 3.08. The molecule has 2 heterocycles. The number of carbonyl (C=O) groups is 2. The Bertz CT molecular complexity index is 459. The van der Waals surface area contributed by atoms with Gasteiger partial charge in [0.05, 0.1) is 0 Å². The molecule has 0 aromatic carbocycles. The summed E-state index contributed by atoms with van der Waals surface area (Å²) in [5, 5.41) is 9.02. The van der Waals surface area contributed by atoms with E-state index in [1.54, 1.807) is 25.1 Å². The zero-order chi connectivity index (χ0) is 12.4. The summed E-state index contributed by atoms with van der Waals surface area (Å²) in [5.74, 6) is -1.23. The highest BCUT2D eigenvalue weighted by Gasteiger charge is 2.34. The fourth-order valence-corrected chi connectivity index (χ4v) is 2.08. The molecule has 1 fully saturated rings. The van der Waals surface area contributed by atoms with E-state index in [4.69, 9.17) is 5.11 Å². The quantitative estimate of drug-likeness (QED) is 0.831. The van der Waals surface area contributed by atoms with Gasteiger partial charge in [-0.2, -0.15) is 0 Å². The molecule has 90 valence electrons. The Balaban J connectivity index is 2.23. The summed E-state index contributed by atoms with van der Waals surface area (Å²) in [7, 11) is 0. The van der Waals surface area contributed by atoms with E-state index in [9.17, 15) is 9.59 Å². The number of aromatic nitrogens is 1. The van der Waals surface area contributed by atoms with Gasteiger partial charge in [-0.15, -0.1) is 0 Å². The number of hydrogen-bond acceptors (Lipinski definition) is 3. The van der Waals surface area contributed by atoms with E-state index in [2.05, 4.69) is 4.98 Å². The maximum absolute atomic E-state index is 12.1. The van der Waals surface area contributed by atoms with E-state index in [-0.39, 0.29) is 5.91 Å². The molecular weight excluding hydrogens is 220 g/mol. The van der Waals surface area contributed by atoms with Gasteiger partial charge in [-0.25, -0.2) is 9.78 Å². The van der Waals surface area contributed by atoms with E-state index in [1.807, 2.05) is 0 Å². The lowest BCUT2D eigenvalue weighted by atomic mass is 10.2. The first-order valence-electron chi connectivity index (χ1n) is 5.57. The summed E-state index contributed by atoms with van der Waals surface area (Å²) in [6.45, 7) is 2.29. The Hall–Kier alpha value is -1.91. The second-order valence-corrected chi connectivity index (χ2v) is 4.16. The van der Waals surface area contributed by atoms with Crippen molar-refractivity contribution in [2.75, 3.05) is 6.54 Å². The summed E-state index contributed by atoms with van der Waals surface area (Å²) in [5.41, 5.74) is 1.07. The van der Waals surface area contributed by atoms with Crippen LogP contribution in [0.4, 0.5) is 0 Å². The predicted molar refractivity (Wildman–Crippen MR) is 60.7 cm³/mol. The summed E-state index contributed by atoms with van der Waals surface area (Å²) in [4.78, 5) is 28.6. The van der Waals surface area contributed by atoms with Crippen molar-refractivity contribution in [1.82, 2.24) is 9.88 Å². The molecule has 1 aliphatic heterocycles. The molecule has 1 amide bonds. The van der Waals surface area contributed by atoms with Gasteiger partial charge in [-0.3, -0.25) is 4.79 Å². The highest BCUT2D eigenvalue weighted by molar-refractivity contribution is 5.95. The van der Waals surface area contributed by atoms with Gasteiger partial charge in [0.1, 0.15) is 11.7 Å². The number of aryl methyl sites for hydroxylation is 1. The second kappa shape index (κ2) is 4.53. The lowest BCUT2D eigenvalue weighted by Crippen LogP contribution is -2.40. The van der Waals surface area contributed by atoms with Crippen LogP contribution in [0.5, 0.6) is 0 Å². The maximum atomic E-state index is 12.1. The number of likely N-dealkylation sites (tertiary alicyclic amines) is 1. The molecule has 2 rings (SSSR count). The zero-order valence-corrected chi connectivity index (χ0v) is 9.59. The SMILES string of the molecule is Cc1cccc(C(=O)N2CCCC2C(=O)O)n1. The normalized spacial score (nSPS) is 19.4. The van der Waals surface area contributed by atoms with Crippen LogP contribution < -0.4 is 0 Å². The van der Waals surface area contributed by atoms with Crippen molar-refractivity contribution < 1.29 is 14.7 Å². The predicted octanol–water partition coefficient (Wildman–Crippen LogP) is 1.08. The van der Waals surface area contributed by atoms with Crippen molar-refractivity contribution in [2.45, 2.75) is 25.8 Å². The van der Waals surface area contributed by atoms with E-state index < -0.39 is 12.0 Å². The minimum atomic E-state index is -0.941. The Labute approximate surface area is 99.1 Å². The van der Waals surface area contributed by atoms with Crippen LogP contribution >= 0.6 is 0 Å². The Morgan fingerprint density at radius 3 is 2.88 bits per heavy atom. The molecule has 1 aromatic heterocycles. The number of pyridine rings is 1. The molecule has 1 aliphatic rings. The number of aliphatic carboxylic acids is 1. The van der Waals surface area contributed by atoms with Crippen LogP contribution in [0.3, 0.4) is 0 Å². The molecule has 0 radical (unpaired) electrons. The Morgan fingerprint density at radius 2 is 2.24 bits per heavy atom. The number of nitrogens with zero attached hydrogens (tertiary/aromatic N) is 2.